The normalized spacial score (nSPS) is 33.7. The Morgan fingerprint density at radius 3 is 3.23 bits per heavy atom. The lowest BCUT2D eigenvalue weighted by Crippen LogP contribution is -2.63. The molecule has 3 heteroatoms. The Morgan fingerprint density at radius 2 is 2.41 bits per heavy atom. The molecule has 1 aliphatic carbocycles. The third-order valence-corrected chi connectivity index (χ3v) is 6.07. The van der Waals surface area contributed by atoms with Gasteiger partial charge in [0.2, 0.25) is 0 Å². The third-order valence-electron chi connectivity index (χ3n) is 6.07. The highest BCUT2D eigenvalue weighted by atomic mass is 16.5. The van der Waals surface area contributed by atoms with Crippen molar-refractivity contribution in [1.29, 1.82) is 0 Å². The predicted molar refractivity (Wildman–Crippen MR) is 87.5 cm³/mol. The first-order valence-corrected chi connectivity index (χ1v) is 8.38. The van der Waals surface area contributed by atoms with E-state index in [1.54, 1.807) is 7.11 Å². The Bertz CT molecular complexity index is 585. The lowest BCUT2D eigenvalue weighted by atomic mass is 9.56. The topological polar surface area (TPSA) is 21.7 Å². The fraction of sp³-hybridized carbons (Fsp3) is 0.579. The van der Waals surface area contributed by atoms with Gasteiger partial charge in [-0.2, -0.15) is 0 Å². The number of hydrogen-bond donors (Lipinski definition) is 0. The van der Waals surface area contributed by atoms with Crippen molar-refractivity contribution in [2.45, 2.75) is 30.7 Å². The molecule has 1 aromatic rings. The van der Waals surface area contributed by atoms with Crippen LogP contribution >= 0.6 is 0 Å². The van der Waals surface area contributed by atoms with Gasteiger partial charge in [-0.1, -0.05) is 12.1 Å². The SMILES string of the molecule is C=CCN1CC[C@]23COCC[C@H]2[C@H]1Cc1ccc(OC)cc13. The van der Waals surface area contributed by atoms with Crippen LogP contribution in [0.15, 0.2) is 30.9 Å². The maximum Gasteiger partial charge on any atom is 0.119 e. The quantitative estimate of drug-likeness (QED) is 0.801. The van der Waals surface area contributed by atoms with Crippen molar-refractivity contribution in [3.63, 3.8) is 0 Å². The predicted octanol–water partition coefficient (Wildman–Crippen LogP) is 2.79. The van der Waals surface area contributed by atoms with Crippen molar-refractivity contribution < 1.29 is 9.47 Å². The molecule has 118 valence electrons. The summed E-state index contributed by atoms with van der Waals surface area (Å²) in [6.07, 6.45) is 5.56. The number of fused-ring (bicyclic) bond motifs is 1. The summed E-state index contributed by atoms with van der Waals surface area (Å²) in [5.41, 5.74) is 3.18. The van der Waals surface area contributed by atoms with Crippen LogP contribution in [0.25, 0.3) is 0 Å². The third kappa shape index (κ3) is 1.95. The van der Waals surface area contributed by atoms with Gasteiger partial charge in [0, 0.05) is 24.6 Å². The van der Waals surface area contributed by atoms with E-state index in [2.05, 4.69) is 35.8 Å². The van der Waals surface area contributed by atoms with Crippen LogP contribution in [0.1, 0.15) is 24.0 Å². The molecule has 2 saturated heterocycles. The van der Waals surface area contributed by atoms with Crippen molar-refractivity contribution in [3.8, 4) is 5.75 Å². The van der Waals surface area contributed by atoms with Gasteiger partial charge in [-0.15, -0.1) is 6.58 Å². The van der Waals surface area contributed by atoms with Gasteiger partial charge in [0.25, 0.3) is 0 Å². The fourth-order valence-electron chi connectivity index (χ4n) is 5.05. The second-order valence-electron chi connectivity index (χ2n) is 6.93. The standard InChI is InChI=1S/C19H25NO2/c1-3-8-20-9-7-19-13-22-10-6-16(19)18(20)11-14-4-5-15(21-2)12-17(14)19/h3-5,12,16,18H,1,6-11,13H2,2H3/t16-,18+,19-/m0/s1. The van der Waals surface area contributed by atoms with Crippen molar-refractivity contribution in [2.75, 3.05) is 33.4 Å². The van der Waals surface area contributed by atoms with Crippen LogP contribution in [-0.2, 0) is 16.6 Å². The van der Waals surface area contributed by atoms with E-state index in [0.29, 0.717) is 12.0 Å². The van der Waals surface area contributed by atoms with Gasteiger partial charge in [0.05, 0.1) is 13.7 Å². The Labute approximate surface area is 132 Å². The lowest BCUT2D eigenvalue weighted by molar-refractivity contribution is -0.0802. The zero-order chi connectivity index (χ0) is 15.2. The van der Waals surface area contributed by atoms with Crippen LogP contribution < -0.4 is 4.74 Å². The average molecular weight is 299 g/mol. The number of benzene rings is 1. The Balaban J connectivity index is 1.82. The van der Waals surface area contributed by atoms with E-state index >= 15 is 0 Å². The van der Waals surface area contributed by atoms with E-state index in [-0.39, 0.29) is 5.41 Å². The summed E-state index contributed by atoms with van der Waals surface area (Å²) in [5, 5.41) is 0. The van der Waals surface area contributed by atoms with Crippen molar-refractivity contribution >= 4 is 0 Å². The number of ether oxygens (including phenoxy) is 2. The number of piperidine rings is 1. The van der Waals surface area contributed by atoms with Gasteiger partial charge in [0.15, 0.2) is 0 Å². The fourth-order valence-corrected chi connectivity index (χ4v) is 5.05. The Kier molecular flexibility index (Phi) is 3.50. The number of rotatable bonds is 3. The summed E-state index contributed by atoms with van der Waals surface area (Å²) in [6.45, 7) is 7.87. The van der Waals surface area contributed by atoms with Gasteiger partial charge in [0.1, 0.15) is 5.75 Å². The van der Waals surface area contributed by atoms with Crippen LogP contribution in [0.2, 0.25) is 0 Å². The summed E-state index contributed by atoms with van der Waals surface area (Å²) in [5.74, 6) is 1.68. The first-order valence-electron chi connectivity index (χ1n) is 8.38. The molecule has 3 aliphatic rings. The molecule has 4 rings (SSSR count). The van der Waals surface area contributed by atoms with Gasteiger partial charge in [-0.05, 0) is 55.0 Å². The molecule has 2 aliphatic heterocycles. The monoisotopic (exact) mass is 299 g/mol. The highest BCUT2D eigenvalue weighted by Crippen LogP contribution is 2.52. The molecule has 3 atom stereocenters. The van der Waals surface area contributed by atoms with Gasteiger partial charge in [-0.25, -0.2) is 0 Å². The summed E-state index contributed by atoms with van der Waals surface area (Å²) in [6, 6.07) is 7.28. The highest BCUT2D eigenvalue weighted by Gasteiger charge is 2.54. The van der Waals surface area contributed by atoms with Gasteiger partial charge in [-0.3, -0.25) is 4.90 Å². The zero-order valence-electron chi connectivity index (χ0n) is 13.4. The molecule has 3 nitrogen and oxygen atoms in total. The maximum absolute atomic E-state index is 5.96. The minimum atomic E-state index is 0.197. The van der Waals surface area contributed by atoms with Crippen LogP contribution in [0.4, 0.5) is 0 Å². The molecule has 0 amide bonds. The Morgan fingerprint density at radius 1 is 1.50 bits per heavy atom. The van der Waals surface area contributed by atoms with E-state index in [1.807, 2.05) is 0 Å². The smallest absolute Gasteiger partial charge is 0.119 e. The minimum Gasteiger partial charge on any atom is -0.497 e. The van der Waals surface area contributed by atoms with E-state index in [1.165, 1.54) is 24.0 Å². The van der Waals surface area contributed by atoms with E-state index < -0.39 is 0 Å². The summed E-state index contributed by atoms with van der Waals surface area (Å²) < 4.78 is 11.5. The number of nitrogens with zero attached hydrogens (tertiary/aromatic N) is 1. The summed E-state index contributed by atoms with van der Waals surface area (Å²) >= 11 is 0. The highest BCUT2D eigenvalue weighted by molar-refractivity contribution is 5.45. The molecule has 0 unspecified atom stereocenters. The number of likely N-dealkylation sites (tertiary alicyclic amines) is 1. The molecule has 2 bridgehead atoms. The second-order valence-corrected chi connectivity index (χ2v) is 6.93. The molecule has 1 aromatic carbocycles. The largest absolute Gasteiger partial charge is 0.497 e. The number of hydrogen-bond acceptors (Lipinski definition) is 3. The molecular formula is C19H25NO2. The molecule has 0 saturated carbocycles. The molecule has 0 radical (unpaired) electrons. The minimum absolute atomic E-state index is 0.197. The van der Waals surface area contributed by atoms with E-state index in [4.69, 9.17) is 9.47 Å². The molecule has 22 heavy (non-hydrogen) atoms. The summed E-state index contributed by atoms with van der Waals surface area (Å²) in [4.78, 5) is 2.63. The van der Waals surface area contributed by atoms with Gasteiger partial charge >= 0.3 is 0 Å². The van der Waals surface area contributed by atoms with Crippen LogP contribution in [0.3, 0.4) is 0 Å². The van der Waals surface area contributed by atoms with E-state index in [9.17, 15) is 0 Å². The van der Waals surface area contributed by atoms with Crippen LogP contribution in [0.5, 0.6) is 5.75 Å². The molecule has 2 fully saturated rings. The van der Waals surface area contributed by atoms with E-state index in [0.717, 1.165) is 38.5 Å². The lowest BCUT2D eigenvalue weighted by Gasteiger charge is -2.58. The summed E-state index contributed by atoms with van der Waals surface area (Å²) in [7, 11) is 1.76. The molecular weight excluding hydrogens is 274 g/mol. The Hall–Kier alpha value is -1.32. The van der Waals surface area contributed by atoms with Crippen molar-refractivity contribution in [2.24, 2.45) is 5.92 Å². The maximum atomic E-state index is 5.96. The molecule has 0 aromatic heterocycles. The molecule has 2 heterocycles. The van der Waals surface area contributed by atoms with Crippen molar-refractivity contribution in [1.82, 2.24) is 4.90 Å². The number of methoxy groups -OCH3 is 1. The molecule has 0 N–H and O–H groups in total. The first kappa shape index (κ1) is 14.3. The zero-order valence-corrected chi connectivity index (χ0v) is 13.4. The first-order chi connectivity index (χ1) is 10.8. The average Bonchev–Trinajstić information content (AvgIpc) is 2.57. The van der Waals surface area contributed by atoms with Crippen LogP contribution in [0, 0.1) is 5.92 Å². The second kappa shape index (κ2) is 5.39. The molecule has 0 spiro atoms. The van der Waals surface area contributed by atoms with Crippen LogP contribution in [-0.4, -0.2) is 44.4 Å². The van der Waals surface area contributed by atoms with Crippen molar-refractivity contribution in [3.05, 3.63) is 42.0 Å². The van der Waals surface area contributed by atoms with Gasteiger partial charge < -0.3 is 9.47 Å².